The van der Waals surface area contributed by atoms with Crippen molar-refractivity contribution in [2.75, 3.05) is 33.2 Å². The van der Waals surface area contributed by atoms with Gasteiger partial charge in [0.15, 0.2) is 0 Å². The monoisotopic (exact) mass is 315 g/mol. The molecule has 0 atom stereocenters. The van der Waals surface area contributed by atoms with E-state index in [1.165, 1.54) is 4.88 Å². The van der Waals surface area contributed by atoms with Crippen molar-refractivity contribution in [1.82, 2.24) is 15.1 Å². The lowest BCUT2D eigenvalue weighted by Crippen LogP contribution is -2.57. The lowest BCUT2D eigenvalue weighted by molar-refractivity contribution is -0.138. The quantitative estimate of drug-likeness (QED) is 0.923. The van der Waals surface area contributed by atoms with E-state index in [0.717, 1.165) is 37.1 Å². The van der Waals surface area contributed by atoms with Crippen LogP contribution in [-0.4, -0.2) is 54.5 Å². The molecular formula is C14H22ClN3OS. The molecule has 1 aromatic heterocycles. The number of likely N-dealkylation sites (N-methyl/N-ethyl adjacent to an activating group) is 1. The van der Waals surface area contributed by atoms with Crippen LogP contribution >= 0.6 is 22.9 Å². The predicted molar refractivity (Wildman–Crippen MR) is 84.3 cm³/mol. The first-order chi connectivity index (χ1) is 9.42. The summed E-state index contributed by atoms with van der Waals surface area (Å²) in [6, 6.07) is 4.02. The molecule has 1 amide bonds. The Morgan fingerprint density at radius 1 is 1.35 bits per heavy atom. The van der Waals surface area contributed by atoms with Gasteiger partial charge < -0.3 is 10.2 Å². The molecule has 1 aliphatic heterocycles. The van der Waals surface area contributed by atoms with Gasteiger partial charge in [-0.05, 0) is 33.0 Å². The molecule has 20 heavy (non-hydrogen) atoms. The Kier molecular flexibility index (Phi) is 5.07. The second-order valence-corrected chi connectivity index (χ2v) is 7.45. The van der Waals surface area contributed by atoms with Crippen LogP contribution in [0.3, 0.4) is 0 Å². The van der Waals surface area contributed by atoms with E-state index in [0.29, 0.717) is 0 Å². The molecule has 1 fully saturated rings. The van der Waals surface area contributed by atoms with Gasteiger partial charge >= 0.3 is 0 Å². The van der Waals surface area contributed by atoms with E-state index in [1.807, 2.05) is 31.9 Å². The van der Waals surface area contributed by atoms with E-state index in [4.69, 9.17) is 11.6 Å². The van der Waals surface area contributed by atoms with Gasteiger partial charge in [0.25, 0.3) is 0 Å². The summed E-state index contributed by atoms with van der Waals surface area (Å²) in [5.74, 6) is 0.179. The van der Waals surface area contributed by atoms with Gasteiger partial charge in [-0.2, -0.15) is 0 Å². The van der Waals surface area contributed by atoms with Gasteiger partial charge in [0.05, 0.1) is 9.88 Å². The summed E-state index contributed by atoms with van der Waals surface area (Å²) in [4.78, 5) is 18.0. The highest BCUT2D eigenvalue weighted by molar-refractivity contribution is 7.16. The number of nitrogens with one attached hydrogen (secondary N) is 1. The van der Waals surface area contributed by atoms with Crippen molar-refractivity contribution in [2.45, 2.75) is 25.9 Å². The first kappa shape index (κ1) is 15.8. The summed E-state index contributed by atoms with van der Waals surface area (Å²) < 4.78 is 0.838. The second-order valence-electron chi connectivity index (χ2n) is 5.65. The van der Waals surface area contributed by atoms with Crippen molar-refractivity contribution in [1.29, 1.82) is 0 Å². The zero-order valence-electron chi connectivity index (χ0n) is 12.3. The number of piperazine rings is 1. The summed E-state index contributed by atoms with van der Waals surface area (Å²) in [7, 11) is 1.83. The number of halogens is 1. The maximum Gasteiger partial charge on any atom is 0.242 e. The molecule has 0 bridgehead atoms. The minimum atomic E-state index is -0.483. The Bertz CT molecular complexity index is 467. The summed E-state index contributed by atoms with van der Waals surface area (Å²) in [5.41, 5.74) is -0.483. The number of nitrogens with zero attached hydrogens (tertiary/aromatic N) is 2. The van der Waals surface area contributed by atoms with Crippen LogP contribution in [0.5, 0.6) is 0 Å². The normalized spacial score (nSPS) is 17.5. The Hall–Kier alpha value is -0.620. The van der Waals surface area contributed by atoms with Crippen LogP contribution in [0.25, 0.3) is 0 Å². The molecule has 0 radical (unpaired) electrons. The minimum Gasteiger partial charge on any atom is -0.339 e. The van der Waals surface area contributed by atoms with E-state index in [1.54, 1.807) is 11.3 Å². The Balaban J connectivity index is 1.85. The third-order valence-electron chi connectivity index (χ3n) is 3.83. The molecule has 0 saturated carbocycles. The highest BCUT2D eigenvalue weighted by Gasteiger charge is 2.32. The van der Waals surface area contributed by atoms with Crippen molar-refractivity contribution in [3.8, 4) is 0 Å². The first-order valence-corrected chi connectivity index (χ1v) is 8.06. The fourth-order valence-electron chi connectivity index (χ4n) is 2.27. The molecule has 1 aromatic rings. The highest BCUT2D eigenvalue weighted by Crippen LogP contribution is 2.23. The van der Waals surface area contributed by atoms with Crippen LogP contribution in [0.1, 0.15) is 18.7 Å². The molecule has 4 nitrogen and oxygen atoms in total. The molecule has 2 heterocycles. The molecule has 112 valence electrons. The molecule has 0 spiro atoms. The van der Waals surface area contributed by atoms with E-state index in [2.05, 4.69) is 16.3 Å². The topological polar surface area (TPSA) is 35.6 Å². The van der Waals surface area contributed by atoms with E-state index in [9.17, 15) is 4.79 Å². The van der Waals surface area contributed by atoms with Crippen molar-refractivity contribution < 1.29 is 4.79 Å². The van der Waals surface area contributed by atoms with E-state index >= 15 is 0 Å². The largest absolute Gasteiger partial charge is 0.339 e. The smallest absolute Gasteiger partial charge is 0.242 e. The third kappa shape index (κ3) is 3.73. The molecule has 1 saturated heterocycles. The molecule has 6 heteroatoms. The van der Waals surface area contributed by atoms with Crippen LogP contribution in [0.4, 0.5) is 0 Å². The van der Waals surface area contributed by atoms with Gasteiger partial charge in [0.2, 0.25) is 5.91 Å². The zero-order chi connectivity index (χ0) is 14.8. The molecule has 1 N–H and O–H groups in total. The van der Waals surface area contributed by atoms with Crippen LogP contribution in [0.15, 0.2) is 12.1 Å². The van der Waals surface area contributed by atoms with Crippen LogP contribution in [0, 0.1) is 0 Å². The molecule has 2 rings (SSSR count). The summed E-state index contributed by atoms with van der Waals surface area (Å²) in [5, 5.41) is 3.07. The highest BCUT2D eigenvalue weighted by atomic mass is 35.5. The van der Waals surface area contributed by atoms with Gasteiger partial charge in [-0.25, -0.2) is 0 Å². The summed E-state index contributed by atoms with van der Waals surface area (Å²) in [6.07, 6.45) is 0. The number of carbonyl (C=O) groups excluding carboxylic acids is 1. The predicted octanol–water partition coefficient (Wildman–Crippen LogP) is 2.04. The van der Waals surface area contributed by atoms with E-state index in [-0.39, 0.29) is 5.91 Å². The average Bonchev–Trinajstić information content (AvgIpc) is 2.84. The standard InChI is InChI=1S/C14H22ClN3OS/c1-14(2,16-3)13(19)18-8-6-17(7-9-18)10-11-4-5-12(15)20-11/h4-5,16H,6-10H2,1-3H3. The van der Waals surface area contributed by atoms with Gasteiger partial charge in [-0.3, -0.25) is 9.69 Å². The Labute approximate surface area is 129 Å². The lowest BCUT2D eigenvalue weighted by atomic mass is 10.0. The van der Waals surface area contributed by atoms with Gasteiger partial charge in [0.1, 0.15) is 0 Å². The van der Waals surface area contributed by atoms with Crippen LogP contribution in [-0.2, 0) is 11.3 Å². The van der Waals surface area contributed by atoms with Crippen LogP contribution in [0.2, 0.25) is 4.34 Å². The number of carbonyl (C=O) groups is 1. The molecular weight excluding hydrogens is 294 g/mol. The van der Waals surface area contributed by atoms with E-state index < -0.39 is 5.54 Å². The average molecular weight is 316 g/mol. The lowest BCUT2D eigenvalue weighted by Gasteiger charge is -2.38. The number of hydrogen-bond acceptors (Lipinski definition) is 4. The number of amides is 1. The number of rotatable bonds is 4. The number of hydrogen-bond donors (Lipinski definition) is 1. The van der Waals surface area contributed by atoms with Crippen molar-refractivity contribution >= 4 is 28.8 Å². The van der Waals surface area contributed by atoms with Gasteiger partial charge in [-0.1, -0.05) is 11.6 Å². The maximum atomic E-state index is 12.3. The summed E-state index contributed by atoms with van der Waals surface area (Å²) >= 11 is 7.58. The third-order valence-corrected chi connectivity index (χ3v) is 5.04. The molecule has 1 aliphatic rings. The zero-order valence-corrected chi connectivity index (χ0v) is 13.9. The Morgan fingerprint density at radius 2 is 2.00 bits per heavy atom. The van der Waals surface area contributed by atoms with Gasteiger partial charge in [0, 0.05) is 37.6 Å². The summed E-state index contributed by atoms with van der Waals surface area (Å²) in [6.45, 7) is 8.20. The molecule has 0 aromatic carbocycles. The van der Waals surface area contributed by atoms with Crippen molar-refractivity contribution in [3.63, 3.8) is 0 Å². The SMILES string of the molecule is CNC(C)(C)C(=O)N1CCN(Cc2ccc(Cl)s2)CC1. The van der Waals surface area contributed by atoms with Crippen molar-refractivity contribution in [3.05, 3.63) is 21.3 Å². The van der Waals surface area contributed by atoms with Gasteiger partial charge in [-0.15, -0.1) is 11.3 Å². The molecule has 0 aliphatic carbocycles. The fourth-order valence-corrected chi connectivity index (χ4v) is 3.40. The van der Waals surface area contributed by atoms with Crippen molar-refractivity contribution in [2.24, 2.45) is 0 Å². The van der Waals surface area contributed by atoms with Crippen LogP contribution < -0.4 is 5.32 Å². The molecule has 0 unspecified atom stereocenters. The second kappa shape index (κ2) is 6.43. The number of thiophene rings is 1. The fraction of sp³-hybridized carbons (Fsp3) is 0.643. The maximum absolute atomic E-state index is 12.3. The first-order valence-electron chi connectivity index (χ1n) is 6.87. The minimum absolute atomic E-state index is 0.179. The Morgan fingerprint density at radius 3 is 2.50 bits per heavy atom.